The highest BCUT2D eigenvalue weighted by Gasteiger charge is 2.28. The highest BCUT2D eigenvalue weighted by molar-refractivity contribution is 6.24. The number of aliphatic hydroxyl groups excluding tert-OH is 1. The molecule has 2 aromatic heterocycles. The number of rotatable bonds is 5. The molecule has 1 saturated carbocycles. The quantitative estimate of drug-likeness (QED) is 0.278. The van der Waals surface area contributed by atoms with Gasteiger partial charge in [0.05, 0.1) is 29.2 Å². The highest BCUT2D eigenvalue weighted by Crippen LogP contribution is 2.28. The van der Waals surface area contributed by atoms with Gasteiger partial charge in [0, 0.05) is 17.1 Å². The third kappa shape index (κ3) is 3.95. The van der Waals surface area contributed by atoms with Crippen LogP contribution in [0.3, 0.4) is 0 Å². The summed E-state index contributed by atoms with van der Waals surface area (Å²) < 4.78 is 15.4. The first kappa shape index (κ1) is 20.4. The fourth-order valence-corrected chi connectivity index (χ4v) is 3.48. The van der Waals surface area contributed by atoms with Crippen LogP contribution in [0.2, 0.25) is 0 Å². The van der Waals surface area contributed by atoms with Gasteiger partial charge in [0.15, 0.2) is 5.82 Å². The standard InChI is InChI=1S/C22H21FN6O2/c23-18-14(19(24)17(22(26)31)21(25)28-12-9-13(30)10-12)6-4-11-5-7-16(29-20(11)18)15-3-1-2-8-27-15/h1-8,12-13,30H,9-10,24H2,(H2,25,28)(H2,26,31)/b19-17+. The molecule has 8 nitrogen and oxygen atoms in total. The molecule has 1 aliphatic rings. The Labute approximate surface area is 177 Å². The third-order valence-electron chi connectivity index (χ3n) is 5.20. The van der Waals surface area contributed by atoms with Crippen molar-refractivity contribution < 1.29 is 14.3 Å². The van der Waals surface area contributed by atoms with E-state index in [4.69, 9.17) is 17.2 Å². The van der Waals surface area contributed by atoms with Gasteiger partial charge in [0.1, 0.15) is 16.9 Å². The Bertz CT molecular complexity index is 1220. The number of fused-ring (bicyclic) bond motifs is 1. The summed E-state index contributed by atoms with van der Waals surface area (Å²) in [5.41, 5.74) is 18.2. The van der Waals surface area contributed by atoms with E-state index in [2.05, 4.69) is 15.0 Å². The maximum atomic E-state index is 15.4. The van der Waals surface area contributed by atoms with E-state index in [1.807, 2.05) is 6.07 Å². The fraction of sp³-hybridized carbons (Fsp3) is 0.182. The van der Waals surface area contributed by atoms with Crippen molar-refractivity contribution in [3.8, 4) is 11.4 Å². The van der Waals surface area contributed by atoms with Gasteiger partial charge in [-0.3, -0.25) is 14.8 Å². The van der Waals surface area contributed by atoms with Crippen LogP contribution in [0.25, 0.3) is 28.0 Å². The molecule has 1 aromatic carbocycles. The molecule has 0 radical (unpaired) electrons. The van der Waals surface area contributed by atoms with Crippen LogP contribution in [0.15, 0.2) is 59.2 Å². The van der Waals surface area contributed by atoms with Crippen molar-refractivity contribution in [1.29, 1.82) is 0 Å². The Morgan fingerprint density at radius 2 is 1.81 bits per heavy atom. The zero-order chi connectivity index (χ0) is 22.1. The highest BCUT2D eigenvalue weighted by atomic mass is 19.1. The number of amides is 1. The number of benzene rings is 1. The average Bonchev–Trinajstić information content (AvgIpc) is 2.73. The summed E-state index contributed by atoms with van der Waals surface area (Å²) in [5, 5.41) is 9.96. The molecular weight excluding hydrogens is 399 g/mol. The van der Waals surface area contributed by atoms with E-state index in [9.17, 15) is 9.90 Å². The van der Waals surface area contributed by atoms with Crippen molar-refractivity contribution in [3.05, 3.63) is 65.6 Å². The van der Waals surface area contributed by atoms with Gasteiger partial charge in [-0.1, -0.05) is 18.2 Å². The molecular formula is C22H21FN6O2. The third-order valence-corrected chi connectivity index (χ3v) is 5.20. The Morgan fingerprint density at radius 1 is 1.06 bits per heavy atom. The molecule has 0 unspecified atom stereocenters. The van der Waals surface area contributed by atoms with E-state index >= 15 is 4.39 Å². The van der Waals surface area contributed by atoms with Crippen LogP contribution < -0.4 is 17.2 Å². The molecule has 0 bridgehead atoms. The lowest BCUT2D eigenvalue weighted by atomic mass is 9.90. The molecule has 1 aliphatic carbocycles. The summed E-state index contributed by atoms with van der Waals surface area (Å²) in [7, 11) is 0. The summed E-state index contributed by atoms with van der Waals surface area (Å²) >= 11 is 0. The van der Waals surface area contributed by atoms with Gasteiger partial charge in [0.2, 0.25) is 0 Å². The van der Waals surface area contributed by atoms with Gasteiger partial charge in [-0.25, -0.2) is 9.37 Å². The van der Waals surface area contributed by atoms with Gasteiger partial charge >= 0.3 is 0 Å². The largest absolute Gasteiger partial charge is 0.397 e. The number of nitrogens with zero attached hydrogens (tertiary/aromatic N) is 3. The number of aromatic nitrogens is 2. The predicted octanol–water partition coefficient (Wildman–Crippen LogP) is 1.47. The van der Waals surface area contributed by atoms with Crippen LogP contribution in [-0.4, -0.2) is 39.0 Å². The molecule has 0 spiro atoms. The molecule has 9 heteroatoms. The van der Waals surface area contributed by atoms with Gasteiger partial charge in [-0.2, -0.15) is 0 Å². The van der Waals surface area contributed by atoms with Gasteiger partial charge in [-0.15, -0.1) is 0 Å². The smallest absolute Gasteiger partial charge is 0.254 e. The van der Waals surface area contributed by atoms with Crippen molar-refractivity contribution >= 4 is 28.3 Å². The first-order chi connectivity index (χ1) is 14.8. The molecule has 0 saturated heterocycles. The molecule has 7 N–H and O–H groups in total. The Hall–Kier alpha value is -3.85. The number of aliphatic hydroxyl groups is 1. The van der Waals surface area contributed by atoms with E-state index in [1.54, 1.807) is 36.5 Å². The van der Waals surface area contributed by atoms with E-state index in [-0.39, 0.29) is 34.2 Å². The number of hydrogen-bond donors (Lipinski definition) is 4. The maximum absolute atomic E-state index is 15.4. The molecule has 3 aromatic rings. The van der Waals surface area contributed by atoms with Crippen LogP contribution in [0, 0.1) is 5.82 Å². The first-order valence-corrected chi connectivity index (χ1v) is 9.67. The number of amidine groups is 1. The Balaban J connectivity index is 1.81. The van der Waals surface area contributed by atoms with Crippen LogP contribution in [0.4, 0.5) is 4.39 Å². The molecule has 0 aliphatic heterocycles. The second kappa shape index (κ2) is 8.11. The topological polar surface area (TPSA) is 154 Å². The first-order valence-electron chi connectivity index (χ1n) is 9.67. The summed E-state index contributed by atoms with van der Waals surface area (Å²) in [5.74, 6) is -1.82. The maximum Gasteiger partial charge on any atom is 0.254 e. The van der Waals surface area contributed by atoms with Crippen LogP contribution in [0.1, 0.15) is 18.4 Å². The lowest BCUT2D eigenvalue weighted by Crippen LogP contribution is -2.36. The number of primary amides is 1. The Morgan fingerprint density at radius 3 is 2.45 bits per heavy atom. The number of carbonyl (C=O) groups is 1. The summed E-state index contributed by atoms with van der Waals surface area (Å²) in [4.78, 5) is 24.9. The van der Waals surface area contributed by atoms with Gasteiger partial charge in [0.25, 0.3) is 5.91 Å². The van der Waals surface area contributed by atoms with Crippen molar-refractivity contribution in [2.45, 2.75) is 25.0 Å². The minimum atomic E-state index is -0.923. The molecule has 1 amide bonds. The van der Waals surface area contributed by atoms with E-state index in [1.165, 1.54) is 6.07 Å². The summed E-state index contributed by atoms with van der Waals surface area (Å²) in [6.07, 6.45) is 2.03. The molecule has 1 fully saturated rings. The molecule has 0 atom stereocenters. The molecule has 2 heterocycles. The normalized spacial score (nSPS) is 19.6. The molecule has 158 valence electrons. The van der Waals surface area contributed by atoms with E-state index in [0.717, 1.165) is 0 Å². The summed E-state index contributed by atoms with van der Waals surface area (Å²) in [6.45, 7) is 0. The van der Waals surface area contributed by atoms with Crippen molar-refractivity contribution in [2.24, 2.45) is 22.2 Å². The van der Waals surface area contributed by atoms with Crippen LogP contribution >= 0.6 is 0 Å². The number of nitrogens with two attached hydrogens (primary N) is 3. The zero-order valence-electron chi connectivity index (χ0n) is 16.5. The summed E-state index contributed by atoms with van der Waals surface area (Å²) in [6, 6.07) is 11.7. The van der Waals surface area contributed by atoms with Crippen molar-refractivity contribution in [1.82, 2.24) is 9.97 Å². The average molecular weight is 420 g/mol. The minimum Gasteiger partial charge on any atom is -0.397 e. The fourth-order valence-electron chi connectivity index (χ4n) is 3.48. The van der Waals surface area contributed by atoms with Crippen LogP contribution in [-0.2, 0) is 4.79 Å². The van der Waals surface area contributed by atoms with Crippen LogP contribution in [0.5, 0.6) is 0 Å². The second-order valence-electron chi connectivity index (χ2n) is 7.36. The Kier molecular flexibility index (Phi) is 5.35. The lowest BCUT2D eigenvalue weighted by Gasteiger charge is -2.28. The SMILES string of the molecule is NC(=O)/C(C(N)=NC1CC(O)C1)=C(/N)c1ccc2ccc(-c3ccccn3)nc2c1F. The number of hydrogen-bond acceptors (Lipinski definition) is 6. The monoisotopic (exact) mass is 420 g/mol. The van der Waals surface area contributed by atoms with Crippen molar-refractivity contribution in [2.75, 3.05) is 0 Å². The van der Waals surface area contributed by atoms with Gasteiger partial charge < -0.3 is 22.3 Å². The lowest BCUT2D eigenvalue weighted by molar-refractivity contribution is -0.114. The molecule has 31 heavy (non-hydrogen) atoms. The van der Waals surface area contributed by atoms with E-state index < -0.39 is 17.8 Å². The minimum absolute atomic E-state index is 0.0567. The number of aliphatic imine (C=N–C) groups is 1. The van der Waals surface area contributed by atoms with Crippen molar-refractivity contribution in [3.63, 3.8) is 0 Å². The predicted molar refractivity (Wildman–Crippen MR) is 116 cm³/mol. The number of carbonyl (C=O) groups excluding carboxylic acids is 1. The number of pyridine rings is 2. The number of halogens is 1. The second-order valence-corrected chi connectivity index (χ2v) is 7.36. The molecule has 4 rings (SSSR count). The zero-order valence-corrected chi connectivity index (χ0v) is 16.5. The van der Waals surface area contributed by atoms with E-state index in [0.29, 0.717) is 29.6 Å². The van der Waals surface area contributed by atoms with Gasteiger partial charge in [-0.05, 0) is 37.1 Å².